The fraction of sp³-hybridized carbons (Fsp3) is 0.200. The molecule has 0 amide bonds. The van der Waals surface area contributed by atoms with Gasteiger partial charge in [0.15, 0.2) is 0 Å². The van der Waals surface area contributed by atoms with Gasteiger partial charge in [0, 0.05) is 35.1 Å². The molecule has 0 atom stereocenters. The summed E-state index contributed by atoms with van der Waals surface area (Å²) in [6.45, 7) is 10.6. The fourth-order valence-electron chi connectivity index (χ4n) is 3.91. The molecule has 0 spiro atoms. The van der Waals surface area contributed by atoms with E-state index in [0.29, 0.717) is 28.0 Å². The first kappa shape index (κ1) is 21.6. The van der Waals surface area contributed by atoms with Crippen LogP contribution in [0.5, 0.6) is 0 Å². The summed E-state index contributed by atoms with van der Waals surface area (Å²) in [5.74, 6) is 0.473. The number of alkyl halides is 3. The van der Waals surface area contributed by atoms with Gasteiger partial charge < -0.3 is 10.6 Å². The molecule has 164 valence electrons. The topological polar surface area (TPSA) is 55.0 Å². The van der Waals surface area contributed by atoms with Crippen LogP contribution in [0, 0.1) is 13.8 Å². The maximum atomic E-state index is 13.4. The predicted octanol–water partition coefficient (Wildman–Crippen LogP) is 6.26. The second kappa shape index (κ2) is 7.82. The molecule has 0 saturated carbocycles. The lowest BCUT2D eigenvalue weighted by atomic mass is 9.94. The number of fused-ring (bicyclic) bond motifs is 1. The third-order valence-electron chi connectivity index (χ3n) is 5.48. The minimum Gasteiger partial charge on any atom is -0.399 e. The Kier molecular flexibility index (Phi) is 5.28. The molecule has 4 rings (SSSR count). The minimum atomic E-state index is -4.51. The van der Waals surface area contributed by atoms with Gasteiger partial charge in [0.05, 0.1) is 16.8 Å². The van der Waals surface area contributed by atoms with Crippen molar-refractivity contribution in [2.75, 3.05) is 12.3 Å². The molecule has 7 heteroatoms. The molecule has 4 nitrogen and oxygen atoms in total. The molecular weight excluding hydrogens is 413 g/mol. The van der Waals surface area contributed by atoms with E-state index in [0.717, 1.165) is 41.1 Å². The second-order valence-corrected chi connectivity index (χ2v) is 7.84. The highest BCUT2D eigenvalue weighted by Crippen LogP contribution is 2.37. The number of halogens is 3. The molecule has 0 radical (unpaired) electrons. The normalized spacial score (nSPS) is 14.2. The van der Waals surface area contributed by atoms with Crippen molar-refractivity contribution in [3.8, 4) is 11.3 Å². The number of hydrogen-bond acceptors (Lipinski definition) is 4. The smallest absolute Gasteiger partial charge is 0.399 e. The van der Waals surface area contributed by atoms with E-state index in [4.69, 9.17) is 5.73 Å². The molecule has 0 bridgehead atoms. The van der Waals surface area contributed by atoms with Crippen LogP contribution in [0.2, 0.25) is 0 Å². The summed E-state index contributed by atoms with van der Waals surface area (Å²) in [7, 11) is 0. The highest BCUT2D eigenvalue weighted by Gasteiger charge is 2.31. The van der Waals surface area contributed by atoms with E-state index >= 15 is 0 Å². The monoisotopic (exact) mass is 436 g/mol. The third kappa shape index (κ3) is 3.98. The van der Waals surface area contributed by atoms with Gasteiger partial charge in [-0.25, -0.2) is 9.97 Å². The molecule has 32 heavy (non-hydrogen) atoms. The van der Waals surface area contributed by atoms with Crippen LogP contribution in [0.25, 0.3) is 27.7 Å². The summed E-state index contributed by atoms with van der Waals surface area (Å²) in [4.78, 5) is 11.1. The second-order valence-electron chi connectivity index (χ2n) is 7.84. The lowest BCUT2D eigenvalue weighted by Crippen LogP contribution is -2.16. The van der Waals surface area contributed by atoms with Crippen molar-refractivity contribution in [2.24, 2.45) is 0 Å². The van der Waals surface area contributed by atoms with Gasteiger partial charge in [-0.3, -0.25) is 0 Å². The van der Waals surface area contributed by atoms with Crippen LogP contribution >= 0.6 is 0 Å². The molecule has 1 aromatic heterocycles. The first-order valence-corrected chi connectivity index (χ1v) is 10.2. The number of aromatic nitrogens is 2. The quantitative estimate of drug-likeness (QED) is 0.492. The molecule has 2 heterocycles. The number of hydrogen-bond donors (Lipinski definition) is 1. The predicted molar refractivity (Wildman–Crippen MR) is 122 cm³/mol. The van der Waals surface area contributed by atoms with Crippen LogP contribution in [0.15, 0.2) is 61.0 Å². The summed E-state index contributed by atoms with van der Waals surface area (Å²) < 4.78 is 40.2. The largest absolute Gasteiger partial charge is 0.416 e. The number of aryl methyl sites for hydroxylation is 2. The number of nitrogen functional groups attached to an aromatic ring is 1. The van der Waals surface area contributed by atoms with Gasteiger partial charge in [-0.2, -0.15) is 13.2 Å². The summed E-state index contributed by atoms with van der Waals surface area (Å²) in [6.07, 6.45) is 1.45. The van der Waals surface area contributed by atoms with Crippen molar-refractivity contribution >= 4 is 22.2 Å². The first-order chi connectivity index (χ1) is 15.1. The standard InChI is InChI=1S/C25H23F3N4/c1-5-32-13-17(7-6-15(32)3)21-12-22-23(8-14(21)2)30-16(4)31-24(22)18-9-19(25(26,27)28)11-20(29)10-18/h6-13H,3,5,29H2,1-2,4H3. The summed E-state index contributed by atoms with van der Waals surface area (Å²) in [6, 6.07) is 7.40. The number of nitrogens with two attached hydrogens (primary N) is 1. The number of benzene rings is 2. The van der Waals surface area contributed by atoms with Crippen LogP contribution in [-0.2, 0) is 6.18 Å². The zero-order valence-electron chi connectivity index (χ0n) is 18.1. The lowest BCUT2D eigenvalue weighted by Gasteiger charge is -2.24. The van der Waals surface area contributed by atoms with Crippen LogP contribution in [0.4, 0.5) is 18.9 Å². The molecule has 2 aromatic carbocycles. The number of nitrogens with zero attached hydrogens (tertiary/aromatic N) is 3. The SMILES string of the molecule is C=C1C=CC(c2cc3c(-c4cc(N)cc(C(F)(F)F)c4)nc(C)nc3cc2C)=CN1CC. The highest BCUT2D eigenvalue weighted by molar-refractivity contribution is 5.96. The van der Waals surface area contributed by atoms with E-state index in [-0.39, 0.29) is 5.69 Å². The molecule has 2 N–H and O–H groups in total. The van der Waals surface area contributed by atoms with Crippen LogP contribution in [0.1, 0.15) is 29.4 Å². The van der Waals surface area contributed by atoms with E-state index in [1.165, 1.54) is 6.07 Å². The summed E-state index contributed by atoms with van der Waals surface area (Å²) in [5.41, 5.74) is 10.3. The van der Waals surface area contributed by atoms with Crippen molar-refractivity contribution in [3.05, 3.63) is 83.5 Å². The van der Waals surface area contributed by atoms with Crippen LogP contribution < -0.4 is 5.73 Å². The molecule has 3 aromatic rings. The molecule has 0 fully saturated rings. The highest BCUT2D eigenvalue weighted by atomic mass is 19.4. The fourth-order valence-corrected chi connectivity index (χ4v) is 3.91. The van der Waals surface area contributed by atoms with Crippen LogP contribution in [0.3, 0.4) is 0 Å². The zero-order chi connectivity index (χ0) is 23.2. The van der Waals surface area contributed by atoms with Gasteiger partial charge in [0.1, 0.15) is 5.82 Å². The van der Waals surface area contributed by atoms with Crippen molar-refractivity contribution in [3.63, 3.8) is 0 Å². The first-order valence-electron chi connectivity index (χ1n) is 10.2. The molecule has 1 aliphatic heterocycles. The summed E-state index contributed by atoms with van der Waals surface area (Å²) in [5, 5.41) is 0.664. The van der Waals surface area contributed by atoms with Gasteiger partial charge in [0.2, 0.25) is 0 Å². The van der Waals surface area contributed by atoms with Crippen molar-refractivity contribution in [1.29, 1.82) is 0 Å². The Labute approximate surface area is 184 Å². The Balaban J connectivity index is 1.96. The van der Waals surface area contributed by atoms with Crippen LogP contribution in [-0.4, -0.2) is 21.4 Å². The summed E-state index contributed by atoms with van der Waals surface area (Å²) >= 11 is 0. The van der Waals surface area contributed by atoms with Crippen molar-refractivity contribution in [1.82, 2.24) is 14.9 Å². The van der Waals surface area contributed by atoms with Crippen molar-refractivity contribution < 1.29 is 13.2 Å². The molecule has 0 unspecified atom stereocenters. The Bertz CT molecular complexity index is 1300. The average Bonchev–Trinajstić information content (AvgIpc) is 2.72. The van der Waals surface area contributed by atoms with Gasteiger partial charge in [-0.15, -0.1) is 0 Å². The molecular formula is C25H23F3N4. The molecule has 0 saturated heterocycles. The number of likely N-dealkylation sites (N-methyl/N-ethyl adjacent to an activating group) is 1. The minimum absolute atomic E-state index is 0.0293. The van der Waals surface area contributed by atoms with E-state index in [1.54, 1.807) is 6.92 Å². The van der Waals surface area contributed by atoms with Gasteiger partial charge in [-0.05, 0) is 73.9 Å². The van der Waals surface area contributed by atoms with E-state index < -0.39 is 11.7 Å². The number of allylic oxidation sites excluding steroid dienone is 3. The van der Waals surface area contributed by atoms with Gasteiger partial charge in [-0.1, -0.05) is 12.7 Å². The molecule has 1 aliphatic rings. The Morgan fingerprint density at radius 2 is 1.78 bits per heavy atom. The Hall–Kier alpha value is -3.61. The zero-order valence-corrected chi connectivity index (χ0v) is 18.1. The maximum absolute atomic E-state index is 13.4. The van der Waals surface area contributed by atoms with E-state index in [9.17, 15) is 13.2 Å². The Morgan fingerprint density at radius 3 is 2.47 bits per heavy atom. The van der Waals surface area contributed by atoms with Gasteiger partial charge >= 0.3 is 6.18 Å². The Morgan fingerprint density at radius 1 is 1.03 bits per heavy atom. The van der Waals surface area contributed by atoms with E-state index in [2.05, 4.69) is 16.5 Å². The number of anilines is 1. The maximum Gasteiger partial charge on any atom is 0.416 e. The van der Waals surface area contributed by atoms with E-state index in [1.807, 2.05) is 49.2 Å². The third-order valence-corrected chi connectivity index (χ3v) is 5.48. The lowest BCUT2D eigenvalue weighted by molar-refractivity contribution is -0.137. The average molecular weight is 436 g/mol. The van der Waals surface area contributed by atoms with Crippen molar-refractivity contribution in [2.45, 2.75) is 26.9 Å². The van der Waals surface area contributed by atoms with Gasteiger partial charge in [0.25, 0.3) is 0 Å². The molecule has 0 aliphatic carbocycles. The number of rotatable bonds is 3.